The van der Waals surface area contributed by atoms with E-state index in [1.807, 2.05) is 0 Å². The third kappa shape index (κ3) is 5.09. The van der Waals surface area contributed by atoms with Gasteiger partial charge in [0.25, 0.3) is 0 Å². The maximum Gasteiger partial charge on any atom is 0.223 e. The van der Waals surface area contributed by atoms with Crippen molar-refractivity contribution in [1.29, 1.82) is 0 Å². The Morgan fingerprint density at radius 3 is 2.67 bits per heavy atom. The minimum Gasteiger partial charge on any atom is -0.354 e. The molecule has 1 aromatic carbocycles. The van der Waals surface area contributed by atoms with Gasteiger partial charge in [0.1, 0.15) is 0 Å². The summed E-state index contributed by atoms with van der Waals surface area (Å²) < 4.78 is 0. The van der Waals surface area contributed by atoms with E-state index in [1.165, 1.54) is 11.1 Å². The standard InChI is InChI=1S/C18H27N3O.2ClH/c1-13(11-20-18(22)15-6-7-17(19)10-15)21-9-8-14-4-2-3-5-16(14)12-21;;/h2-5,13,15,17H,6-12,19H2,1H3,(H,20,22);2*1H. The van der Waals surface area contributed by atoms with Crippen LogP contribution in [0.5, 0.6) is 0 Å². The van der Waals surface area contributed by atoms with Crippen molar-refractivity contribution < 1.29 is 4.79 Å². The number of halogens is 2. The summed E-state index contributed by atoms with van der Waals surface area (Å²) >= 11 is 0. The molecule has 3 unspecified atom stereocenters. The van der Waals surface area contributed by atoms with E-state index >= 15 is 0 Å². The van der Waals surface area contributed by atoms with Gasteiger partial charge in [-0.05, 0) is 43.7 Å². The number of amides is 1. The van der Waals surface area contributed by atoms with Gasteiger partial charge in [0.05, 0.1) is 0 Å². The first-order valence-electron chi connectivity index (χ1n) is 8.47. The van der Waals surface area contributed by atoms with Crippen molar-refractivity contribution in [3.8, 4) is 0 Å². The average molecular weight is 374 g/mol. The van der Waals surface area contributed by atoms with Gasteiger partial charge in [0.2, 0.25) is 5.91 Å². The lowest BCUT2D eigenvalue weighted by atomic mass is 9.99. The zero-order chi connectivity index (χ0) is 15.5. The van der Waals surface area contributed by atoms with Crippen LogP contribution >= 0.6 is 24.8 Å². The van der Waals surface area contributed by atoms with E-state index in [0.717, 1.165) is 45.3 Å². The SMILES string of the molecule is CC(CNC(=O)C1CCC(N)C1)N1CCc2ccccc2C1.Cl.Cl. The fourth-order valence-corrected chi connectivity index (χ4v) is 3.67. The molecule has 1 amide bonds. The molecule has 3 rings (SSSR count). The lowest BCUT2D eigenvalue weighted by molar-refractivity contribution is -0.125. The van der Waals surface area contributed by atoms with Gasteiger partial charge in [-0.1, -0.05) is 24.3 Å². The zero-order valence-corrected chi connectivity index (χ0v) is 15.9. The molecular formula is C18H29Cl2N3O. The Bertz CT molecular complexity index is 541. The van der Waals surface area contributed by atoms with Crippen molar-refractivity contribution in [1.82, 2.24) is 10.2 Å². The lowest BCUT2D eigenvalue weighted by Gasteiger charge is -2.34. The summed E-state index contributed by atoms with van der Waals surface area (Å²) in [5, 5.41) is 3.13. The Morgan fingerprint density at radius 1 is 1.29 bits per heavy atom. The molecule has 0 radical (unpaired) electrons. The van der Waals surface area contributed by atoms with E-state index in [0.29, 0.717) is 6.04 Å². The summed E-state index contributed by atoms with van der Waals surface area (Å²) in [6.45, 7) is 4.99. The normalized spacial score (nSPS) is 24.2. The molecule has 136 valence electrons. The van der Waals surface area contributed by atoms with Gasteiger partial charge >= 0.3 is 0 Å². The minimum absolute atomic E-state index is 0. The van der Waals surface area contributed by atoms with E-state index in [2.05, 4.69) is 41.4 Å². The first kappa shape index (κ1) is 21.2. The molecule has 1 aliphatic carbocycles. The number of nitrogens with one attached hydrogen (secondary N) is 1. The van der Waals surface area contributed by atoms with Gasteiger partial charge in [0.15, 0.2) is 0 Å². The highest BCUT2D eigenvalue weighted by atomic mass is 35.5. The molecule has 1 heterocycles. The Kier molecular flexibility index (Phi) is 8.51. The molecule has 0 bridgehead atoms. The molecule has 1 fully saturated rings. The quantitative estimate of drug-likeness (QED) is 0.852. The number of carbonyl (C=O) groups excluding carboxylic acids is 1. The van der Waals surface area contributed by atoms with Gasteiger partial charge in [0, 0.05) is 37.6 Å². The maximum absolute atomic E-state index is 12.2. The van der Waals surface area contributed by atoms with Crippen molar-refractivity contribution in [2.24, 2.45) is 11.7 Å². The topological polar surface area (TPSA) is 58.4 Å². The van der Waals surface area contributed by atoms with Crippen LogP contribution in [0.3, 0.4) is 0 Å². The number of fused-ring (bicyclic) bond motifs is 1. The fraction of sp³-hybridized carbons (Fsp3) is 0.611. The molecule has 3 atom stereocenters. The number of nitrogens with zero attached hydrogens (tertiary/aromatic N) is 1. The predicted octanol–water partition coefficient (Wildman–Crippen LogP) is 2.52. The highest BCUT2D eigenvalue weighted by Crippen LogP contribution is 2.24. The Morgan fingerprint density at radius 2 is 2.00 bits per heavy atom. The van der Waals surface area contributed by atoms with Gasteiger partial charge in [-0.25, -0.2) is 0 Å². The van der Waals surface area contributed by atoms with Crippen molar-refractivity contribution in [2.75, 3.05) is 13.1 Å². The smallest absolute Gasteiger partial charge is 0.223 e. The van der Waals surface area contributed by atoms with Crippen molar-refractivity contribution in [3.63, 3.8) is 0 Å². The molecule has 24 heavy (non-hydrogen) atoms. The van der Waals surface area contributed by atoms with Crippen molar-refractivity contribution in [3.05, 3.63) is 35.4 Å². The van der Waals surface area contributed by atoms with Crippen LogP contribution in [0.4, 0.5) is 0 Å². The van der Waals surface area contributed by atoms with Crippen molar-refractivity contribution in [2.45, 2.75) is 51.2 Å². The van der Waals surface area contributed by atoms with E-state index in [4.69, 9.17) is 5.73 Å². The third-order valence-corrected chi connectivity index (χ3v) is 5.20. The zero-order valence-electron chi connectivity index (χ0n) is 14.2. The molecule has 0 spiro atoms. The second kappa shape index (κ2) is 9.62. The number of nitrogens with two attached hydrogens (primary N) is 1. The van der Waals surface area contributed by atoms with E-state index < -0.39 is 0 Å². The second-order valence-corrected chi connectivity index (χ2v) is 6.85. The third-order valence-electron chi connectivity index (χ3n) is 5.20. The van der Waals surface area contributed by atoms with Gasteiger partial charge in [-0.15, -0.1) is 24.8 Å². The summed E-state index contributed by atoms with van der Waals surface area (Å²) in [4.78, 5) is 14.7. The Labute approximate surface area is 157 Å². The molecule has 3 N–H and O–H groups in total. The lowest BCUT2D eigenvalue weighted by Crippen LogP contribution is -2.45. The largest absolute Gasteiger partial charge is 0.354 e. The van der Waals surface area contributed by atoms with E-state index in [-0.39, 0.29) is 42.7 Å². The Balaban J connectivity index is 0.00000144. The summed E-state index contributed by atoms with van der Waals surface area (Å²) in [5.41, 5.74) is 8.79. The van der Waals surface area contributed by atoms with Crippen LogP contribution < -0.4 is 11.1 Å². The predicted molar refractivity (Wildman–Crippen MR) is 103 cm³/mol. The molecule has 1 aliphatic heterocycles. The highest BCUT2D eigenvalue weighted by molar-refractivity contribution is 5.85. The number of hydrogen-bond acceptors (Lipinski definition) is 3. The van der Waals surface area contributed by atoms with Crippen LogP contribution in [-0.2, 0) is 17.8 Å². The van der Waals surface area contributed by atoms with Crippen molar-refractivity contribution >= 4 is 30.7 Å². The molecule has 0 saturated heterocycles. The maximum atomic E-state index is 12.2. The second-order valence-electron chi connectivity index (χ2n) is 6.85. The van der Waals surface area contributed by atoms with E-state index in [9.17, 15) is 4.79 Å². The molecule has 4 nitrogen and oxygen atoms in total. The molecule has 1 aromatic rings. The number of rotatable bonds is 4. The van der Waals surface area contributed by atoms with Crippen LogP contribution in [0.25, 0.3) is 0 Å². The van der Waals surface area contributed by atoms with Gasteiger partial charge < -0.3 is 11.1 Å². The highest BCUT2D eigenvalue weighted by Gasteiger charge is 2.28. The minimum atomic E-state index is 0. The summed E-state index contributed by atoms with van der Waals surface area (Å²) in [6.07, 6.45) is 3.87. The molecule has 0 aromatic heterocycles. The summed E-state index contributed by atoms with van der Waals surface area (Å²) in [7, 11) is 0. The van der Waals surface area contributed by atoms with E-state index in [1.54, 1.807) is 0 Å². The van der Waals surface area contributed by atoms with Crippen LogP contribution in [0.2, 0.25) is 0 Å². The molecular weight excluding hydrogens is 345 g/mol. The van der Waals surface area contributed by atoms with Crippen LogP contribution in [0, 0.1) is 5.92 Å². The monoisotopic (exact) mass is 373 g/mol. The summed E-state index contributed by atoms with van der Waals surface area (Å²) in [6, 6.07) is 9.25. The molecule has 2 aliphatic rings. The van der Waals surface area contributed by atoms with Crippen LogP contribution in [0.1, 0.15) is 37.3 Å². The fourth-order valence-electron chi connectivity index (χ4n) is 3.67. The first-order chi connectivity index (χ1) is 10.6. The molecule has 1 saturated carbocycles. The Hall–Kier alpha value is -0.810. The van der Waals surface area contributed by atoms with Crippen LogP contribution in [-0.4, -0.2) is 36.0 Å². The van der Waals surface area contributed by atoms with Gasteiger partial charge in [-0.2, -0.15) is 0 Å². The van der Waals surface area contributed by atoms with Crippen LogP contribution in [0.15, 0.2) is 24.3 Å². The van der Waals surface area contributed by atoms with Gasteiger partial charge in [-0.3, -0.25) is 9.69 Å². The first-order valence-corrected chi connectivity index (χ1v) is 8.47. The average Bonchev–Trinajstić information content (AvgIpc) is 2.98. The number of benzene rings is 1. The number of hydrogen-bond donors (Lipinski definition) is 2. The summed E-state index contributed by atoms with van der Waals surface area (Å²) in [5.74, 6) is 0.321. The number of carbonyl (C=O) groups is 1. The molecule has 6 heteroatoms.